The minimum absolute atomic E-state index is 0.0164. The SMILES string of the molecule is O=C(Cn1nnc(-c2cccc(C(F)(F)F)c2)n1)N(C1CCCC1)[C@H]1CCS(=O)(=O)C1. The Morgan fingerprint density at radius 3 is 2.55 bits per heavy atom. The van der Waals surface area contributed by atoms with Crippen LogP contribution in [0.4, 0.5) is 13.2 Å². The predicted octanol–water partition coefficient (Wildman–Crippen LogP) is 2.32. The van der Waals surface area contributed by atoms with E-state index >= 15 is 0 Å². The van der Waals surface area contributed by atoms with Gasteiger partial charge in [0.1, 0.15) is 6.54 Å². The number of alkyl halides is 3. The standard InChI is InChI=1S/C19H22F3N5O3S/c20-19(21,22)14-5-3-4-13(10-14)18-23-25-26(24-18)11-17(28)27(15-6-1-2-7-15)16-8-9-31(29,30)12-16/h3-5,10,15-16H,1-2,6-9,11-12H2/t16-/m0/s1. The lowest BCUT2D eigenvalue weighted by molar-refractivity contribution is -0.138. The minimum atomic E-state index is -4.49. The highest BCUT2D eigenvalue weighted by atomic mass is 32.2. The van der Waals surface area contributed by atoms with Crippen LogP contribution in [0, 0.1) is 0 Å². The number of carbonyl (C=O) groups is 1. The number of amides is 1. The van der Waals surface area contributed by atoms with Crippen LogP contribution in [0.3, 0.4) is 0 Å². The normalized spacial score (nSPS) is 21.5. The van der Waals surface area contributed by atoms with E-state index in [0.717, 1.165) is 42.6 Å². The van der Waals surface area contributed by atoms with Crippen molar-refractivity contribution in [1.29, 1.82) is 0 Å². The molecule has 168 valence electrons. The Morgan fingerprint density at radius 1 is 1.16 bits per heavy atom. The topological polar surface area (TPSA) is 98.1 Å². The number of aromatic nitrogens is 4. The van der Waals surface area contributed by atoms with Crippen LogP contribution >= 0.6 is 0 Å². The fourth-order valence-electron chi connectivity index (χ4n) is 4.35. The minimum Gasteiger partial charge on any atom is -0.334 e. The molecule has 1 aliphatic heterocycles. The van der Waals surface area contributed by atoms with E-state index in [1.807, 2.05) is 0 Å². The van der Waals surface area contributed by atoms with Crippen LogP contribution in [-0.4, -0.2) is 63.0 Å². The van der Waals surface area contributed by atoms with E-state index in [9.17, 15) is 26.4 Å². The Bertz CT molecular complexity index is 1060. The highest BCUT2D eigenvalue weighted by Crippen LogP contribution is 2.31. The fraction of sp³-hybridized carbons (Fsp3) is 0.579. The second-order valence-electron chi connectivity index (χ2n) is 8.02. The lowest BCUT2D eigenvalue weighted by Crippen LogP contribution is -2.48. The van der Waals surface area contributed by atoms with Crippen LogP contribution in [0.25, 0.3) is 11.4 Å². The van der Waals surface area contributed by atoms with Crippen molar-refractivity contribution in [1.82, 2.24) is 25.1 Å². The number of nitrogens with zero attached hydrogens (tertiary/aromatic N) is 5. The van der Waals surface area contributed by atoms with Crippen molar-refractivity contribution in [2.24, 2.45) is 0 Å². The van der Waals surface area contributed by atoms with Crippen LogP contribution in [0.5, 0.6) is 0 Å². The van der Waals surface area contributed by atoms with Gasteiger partial charge in [-0.15, -0.1) is 10.2 Å². The molecule has 1 saturated carbocycles. The maximum Gasteiger partial charge on any atom is 0.416 e. The first-order valence-corrected chi connectivity index (χ1v) is 11.9. The van der Waals surface area contributed by atoms with Crippen molar-refractivity contribution in [3.05, 3.63) is 29.8 Å². The molecule has 1 aliphatic carbocycles. The number of carbonyl (C=O) groups excluding carboxylic acids is 1. The van der Waals surface area contributed by atoms with Crippen molar-refractivity contribution in [3.8, 4) is 11.4 Å². The summed E-state index contributed by atoms with van der Waals surface area (Å²) in [6.45, 7) is -0.251. The van der Waals surface area contributed by atoms with E-state index < -0.39 is 21.6 Å². The molecule has 0 unspecified atom stereocenters. The Morgan fingerprint density at radius 2 is 1.90 bits per heavy atom. The Balaban J connectivity index is 1.52. The molecule has 1 amide bonds. The molecule has 0 bridgehead atoms. The molecule has 0 N–H and O–H groups in total. The second-order valence-corrected chi connectivity index (χ2v) is 10.2. The Kier molecular flexibility index (Phi) is 5.75. The fourth-order valence-corrected chi connectivity index (χ4v) is 6.06. The van der Waals surface area contributed by atoms with Gasteiger partial charge < -0.3 is 4.90 Å². The van der Waals surface area contributed by atoms with Gasteiger partial charge in [0.15, 0.2) is 9.84 Å². The summed E-state index contributed by atoms with van der Waals surface area (Å²) in [5.74, 6) is -0.304. The summed E-state index contributed by atoms with van der Waals surface area (Å²) in [5.41, 5.74) is -0.685. The van der Waals surface area contributed by atoms with Crippen molar-refractivity contribution < 1.29 is 26.4 Å². The van der Waals surface area contributed by atoms with Gasteiger partial charge in [0.2, 0.25) is 11.7 Å². The van der Waals surface area contributed by atoms with Crippen molar-refractivity contribution >= 4 is 15.7 Å². The quantitative estimate of drug-likeness (QED) is 0.684. The molecular weight excluding hydrogens is 435 g/mol. The van der Waals surface area contributed by atoms with Gasteiger partial charge >= 0.3 is 6.18 Å². The van der Waals surface area contributed by atoms with Gasteiger partial charge in [-0.3, -0.25) is 4.79 Å². The second kappa shape index (κ2) is 8.21. The molecule has 12 heteroatoms. The third kappa shape index (κ3) is 4.89. The number of halogens is 3. The van der Waals surface area contributed by atoms with Crippen LogP contribution in [0.1, 0.15) is 37.7 Å². The number of sulfone groups is 1. The summed E-state index contributed by atoms with van der Waals surface area (Å²) in [6, 6.07) is 4.19. The smallest absolute Gasteiger partial charge is 0.334 e. The molecule has 1 saturated heterocycles. The van der Waals surface area contributed by atoms with E-state index in [1.54, 1.807) is 4.90 Å². The number of benzene rings is 1. The van der Waals surface area contributed by atoms with Gasteiger partial charge in [0, 0.05) is 17.6 Å². The van der Waals surface area contributed by atoms with E-state index in [2.05, 4.69) is 15.4 Å². The molecule has 8 nitrogen and oxygen atoms in total. The zero-order valence-electron chi connectivity index (χ0n) is 16.6. The zero-order chi connectivity index (χ0) is 22.2. The molecule has 1 aromatic heterocycles. The third-order valence-electron chi connectivity index (χ3n) is 5.79. The average Bonchev–Trinajstić information content (AvgIpc) is 3.44. The summed E-state index contributed by atoms with van der Waals surface area (Å²) < 4.78 is 62.7. The molecule has 4 rings (SSSR count). The van der Waals surface area contributed by atoms with Gasteiger partial charge in [-0.05, 0) is 36.6 Å². The molecule has 2 fully saturated rings. The molecule has 1 aromatic carbocycles. The molecule has 2 aliphatic rings. The third-order valence-corrected chi connectivity index (χ3v) is 7.54. The summed E-state index contributed by atoms with van der Waals surface area (Å²) in [4.78, 5) is 15.8. The van der Waals surface area contributed by atoms with E-state index in [0.29, 0.717) is 6.42 Å². The lowest BCUT2D eigenvalue weighted by Gasteiger charge is -2.33. The molecule has 1 atom stereocenters. The molecule has 0 spiro atoms. The Hall–Kier alpha value is -2.50. The zero-order valence-corrected chi connectivity index (χ0v) is 17.4. The monoisotopic (exact) mass is 457 g/mol. The van der Waals surface area contributed by atoms with Gasteiger partial charge in [-0.25, -0.2) is 8.42 Å². The highest BCUT2D eigenvalue weighted by molar-refractivity contribution is 7.91. The first-order valence-electron chi connectivity index (χ1n) is 10.1. The van der Waals surface area contributed by atoms with Crippen molar-refractivity contribution in [2.45, 2.75) is 56.9 Å². The van der Waals surface area contributed by atoms with Crippen molar-refractivity contribution in [2.75, 3.05) is 11.5 Å². The van der Waals surface area contributed by atoms with Crippen LogP contribution < -0.4 is 0 Å². The van der Waals surface area contributed by atoms with E-state index in [-0.39, 0.29) is 47.4 Å². The van der Waals surface area contributed by atoms with Crippen LogP contribution in [0.15, 0.2) is 24.3 Å². The van der Waals surface area contributed by atoms with Gasteiger partial charge in [-0.1, -0.05) is 25.0 Å². The van der Waals surface area contributed by atoms with E-state index in [1.165, 1.54) is 12.1 Å². The van der Waals surface area contributed by atoms with Gasteiger partial charge in [0.05, 0.1) is 17.1 Å². The first kappa shape index (κ1) is 21.7. The highest BCUT2D eigenvalue weighted by Gasteiger charge is 2.39. The molecule has 2 aromatic rings. The van der Waals surface area contributed by atoms with Crippen LogP contribution in [-0.2, 0) is 27.4 Å². The lowest BCUT2D eigenvalue weighted by atomic mass is 10.1. The largest absolute Gasteiger partial charge is 0.416 e. The molecular formula is C19H22F3N5O3S. The van der Waals surface area contributed by atoms with Gasteiger partial charge in [-0.2, -0.15) is 18.0 Å². The van der Waals surface area contributed by atoms with Crippen molar-refractivity contribution in [3.63, 3.8) is 0 Å². The summed E-state index contributed by atoms with van der Waals surface area (Å²) in [7, 11) is -3.16. The number of hydrogen-bond donors (Lipinski definition) is 0. The summed E-state index contributed by atoms with van der Waals surface area (Å²) in [6.07, 6.45) is -0.480. The molecule has 2 heterocycles. The molecule has 0 radical (unpaired) electrons. The predicted molar refractivity (Wildman–Crippen MR) is 104 cm³/mol. The maximum atomic E-state index is 13.1. The number of tetrazole rings is 1. The summed E-state index contributed by atoms with van der Waals surface area (Å²) in [5, 5.41) is 11.7. The van der Waals surface area contributed by atoms with Gasteiger partial charge in [0.25, 0.3) is 0 Å². The average molecular weight is 457 g/mol. The number of hydrogen-bond acceptors (Lipinski definition) is 6. The first-order chi connectivity index (χ1) is 14.6. The summed E-state index contributed by atoms with van der Waals surface area (Å²) >= 11 is 0. The molecule has 31 heavy (non-hydrogen) atoms. The number of rotatable bonds is 5. The van der Waals surface area contributed by atoms with Crippen LogP contribution in [0.2, 0.25) is 0 Å². The Labute approximate surface area is 177 Å². The maximum absolute atomic E-state index is 13.1. The van der Waals surface area contributed by atoms with E-state index in [4.69, 9.17) is 0 Å².